The first kappa shape index (κ1) is 13.8. The number of nitrogens with one attached hydrogen (secondary N) is 1. The lowest BCUT2D eigenvalue weighted by Gasteiger charge is -2.12. The summed E-state index contributed by atoms with van der Waals surface area (Å²) < 4.78 is 18.8. The zero-order valence-corrected chi connectivity index (χ0v) is 11.4. The normalized spacial score (nSPS) is 12.2. The molecule has 0 aliphatic heterocycles. The van der Waals surface area contributed by atoms with Crippen LogP contribution in [0.5, 0.6) is 11.6 Å². The fourth-order valence-electron chi connectivity index (χ4n) is 1.58. The van der Waals surface area contributed by atoms with Crippen molar-refractivity contribution in [3.63, 3.8) is 0 Å². The standard InChI is InChI=1S/C14H14ClFN2O/c1-9(17-2)10-5-6-18-14(7-10)19-11-3-4-12(15)13(16)8-11/h3-9,17H,1-2H3. The van der Waals surface area contributed by atoms with Crippen LogP contribution in [0.3, 0.4) is 0 Å². The van der Waals surface area contributed by atoms with Crippen molar-refractivity contribution >= 4 is 11.6 Å². The number of benzene rings is 1. The van der Waals surface area contributed by atoms with E-state index in [1.807, 2.05) is 26.1 Å². The van der Waals surface area contributed by atoms with Gasteiger partial charge in [-0.25, -0.2) is 9.37 Å². The van der Waals surface area contributed by atoms with Gasteiger partial charge in [0.05, 0.1) is 5.02 Å². The van der Waals surface area contributed by atoms with E-state index in [0.29, 0.717) is 11.6 Å². The minimum atomic E-state index is -0.515. The summed E-state index contributed by atoms with van der Waals surface area (Å²) in [4.78, 5) is 4.10. The predicted molar refractivity (Wildman–Crippen MR) is 73.2 cm³/mol. The summed E-state index contributed by atoms with van der Waals surface area (Å²) in [5.41, 5.74) is 1.04. The second-order valence-corrected chi connectivity index (χ2v) is 4.52. The van der Waals surface area contributed by atoms with Gasteiger partial charge in [-0.3, -0.25) is 0 Å². The second-order valence-electron chi connectivity index (χ2n) is 4.12. The van der Waals surface area contributed by atoms with E-state index in [2.05, 4.69) is 10.3 Å². The maximum absolute atomic E-state index is 13.3. The maximum atomic E-state index is 13.3. The quantitative estimate of drug-likeness (QED) is 0.921. The molecule has 2 aromatic rings. The van der Waals surface area contributed by atoms with Crippen LogP contribution in [0.25, 0.3) is 0 Å². The Balaban J connectivity index is 2.20. The average Bonchev–Trinajstić information content (AvgIpc) is 2.42. The lowest BCUT2D eigenvalue weighted by molar-refractivity contribution is 0.456. The van der Waals surface area contributed by atoms with Crippen molar-refractivity contribution in [1.82, 2.24) is 10.3 Å². The zero-order valence-electron chi connectivity index (χ0n) is 10.7. The minimum absolute atomic E-state index is 0.0675. The summed E-state index contributed by atoms with van der Waals surface area (Å²) in [6, 6.07) is 8.18. The number of halogens is 2. The number of rotatable bonds is 4. The summed E-state index contributed by atoms with van der Waals surface area (Å²) in [7, 11) is 1.88. The number of pyridine rings is 1. The molecule has 5 heteroatoms. The Labute approximate surface area is 116 Å². The molecule has 2 rings (SSSR count). The first-order chi connectivity index (χ1) is 9.10. The van der Waals surface area contributed by atoms with Gasteiger partial charge in [-0.05, 0) is 37.7 Å². The summed E-state index contributed by atoms with van der Waals surface area (Å²) >= 11 is 5.61. The van der Waals surface area contributed by atoms with Crippen molar-refractivity contribution in [2.75, 3.05) is 7.05 Å². The fraction of sp³-hybridized carbons (Fsp3) is 0.214. The Morgan fingerprint density at radius 1 is 1.32 bits per heavy atom. The summed E-state index contributed by atoms with van der Waals surface area (Å²) in [5.74, 6) is 0.267. The van der Waals surface area contributed by atoms with E-state index < -0.39 is 5.82 Å². The Hall–Kier alpha value is -1.65. The van der Waals surface area contributed by atoms with E-state index in [-0.39, 0.29) is 11.1 Å². The molecule has 1 aromatic carbocycles. The molecule has 0 fully saturated rings. The van der Waals surface area contributed by atoms with E-state index in [9.17, 15) is 4.39 Å². The number of aromatic nitrogens is 1. The van der Waals surface area contributed by atoms with Gasteiger partial charge in [-0.15, -0.1) is 0 Å². The van der Waals surface area contributed by atoms with Crippen LogP contribution in [0.4, 0.5) is 4.39 Å². The fourth-order valence-corrected chi connectivity index (χ4v) is 1.70. The van der Waals surface area contributed by atoms with Gasteiger partial charge < -0.3 is 10.1 Å². The van der Waals surface area contributed by atoms with Gasteiger partial charge in [0, 0.05) is 24.4 Å². The topological polar surface area (TPSA) is 34.2 Å². The lowest BCUT2D eigenvalue weighted by atomic mass is 10.1. The molecule has 100 valence electrons. The predicted octanol–water partition coefficient (Wildman–Crippen LogP) is 3.95. The second kappa shape index (κ2) is 5.99. The van der Waals surface area contributed by atoms with Crippen molar-refractivity contribution in [3.8, 4) is 11.6 Å². The molecule has 1 N–H and O–H groups in total. The molecule has 0 radical (unpaired) electrons. The summed E-state index contributed by atoms with van der Waals surface area (Å²) in [5, 5.41) is 3.20. The highest BCUT2D eigenvalue weighted by Crippen LogP contribution is 2.25. The minimum Gasteiger partial charge on any atom is -0.439 e. The van der Waals surface area contributed by atoms with Crippen LogP contribution >= 0.6 is 11.6 Å². The van der Waals surface area contributed by atoms with Gasteiger partial charge in [0.1, 0.15) is 11.6 Å². The van der Waals surface area contributed by atoms with Crippen molar-refractivity contribution in [3.05, 3.63) is 52.9 Å². The molecule has 0 bridgehead atoms. The number of hydrogen-bond donors (Lipinski definition) is 1. The highest BCUT2D eigenvalue weighted by Gasteiger charge is 2.07. The van der Waals surface area contributed by atoms with Crippen LogP contribution in [0.1, 0.15) is 18.5 Å². The molecule has 0 amide bonds. The molecule has 0 saturated heterocycles. The smallest absolute Gasteiger partial charge is 0.219 e. The van der Waals surface area contributed by atoms with Gasteiger partial charge in [-0.1, -0.05) is 11.6 Å². The van der Waals surface area contributed by atoms with E-state index in [1.54, 1.807) is 12.3 Å². The van der Waals surface area contributed by atoms with Crippen LogP contribution in [-0.2, 0) is 0 Å². The molecule has 1 atom stereocenters. The molecule has 1 unspecified atom stereocenters. The molecule has 0 aliphatic carbocycles. The molecule has 3 nitrogen and oxygen atoms in total. The van der Waals surface area contributed by atoms with Gasteiger partial charge in [-0.2, -0.15) is 0 Å². The Kier molecular flexibility index (Phi) is 4.35. The molecule has 0 saturated carbocycles. The molecule has 1 heterocycles. The molecule has 0 aliphatic rings. The van der Waals surface area contributed by atoms with Gasteiger partial charge in [0.2, 0.25) is 5.88 Å². The Bertz CT molecular complexity index is 577. The van der Waals surface area contributed by atoms with Crippen molar-refractivity contribution in [2.45, 2.75) is 13.0 Å². The SMILES string of the molecule is CNC(C)c1ccnc(Oc2ccc(Cl)c(F)c2)c1. The van der Waals surface area contributed by atoms with Gasteiger partial charge in [0.25, 0.3) is 0 Å². The highest BCUT2D eigenvalue weighted by atomic mass is 35.5. The third-order valence-electron chi connectivity index (χ3n) is 2.81. The zero-order chi connectivity index (χ0) is 13.8. The average molecular weight is 281 g/mol. The van der Waals surface area contributed by atoms with E-state index in [4.69, 9.17) is 16.3 Å². The van der Waals surface area contributed by atoms with Crippen LogP contribution < -0.4 is 10.1 Å². The monoisotopic (exact) mass is 280 g/mol. The maximum Gasteiger partial charge on any atom is 0.219 e. The van der Waals surface area contributed by atoms with Crippen molar-refractivity contribution in [2.24, 2.45) is 0 Å². The third-order valence-corrected chi connectivity index (χ3v) is 3.11. The first-order valence-electron chi connectivity index (χ1n) is 5.86. The van der Waals surface area contributed by atoms with Crippen molar-refractivity contribution in [1.29, 1.82) is 0 Å². The molecular formula is C14H14ClFN2O. The van der Waals surface area contributed by atoms with E-state index >= 15 is 0 Å². The largest absolute Gasteiger partial charge is 0.439 e. The van der Waals surface area contributed by atoms with E-state index in [0.717, 1.165) is 5.56 Å². The molecule has 0 spiro atoms. The molecule has 19 heavy (non-hydrogen) atoms. The number of ether oxygens (including phenoxy) is 1. The summed E-state index contributed by atoms with van der Waals surface area (Å²) in [6.07, 6.45) is 1.66. The van der Waals surface area contributed by atoms with Crippen molar-refractivity contribution < 1.29 is 9.13 Å². The molecule has 1 aromatic heterocycles. The van der Waals surface area contributed by atoms with Crippen LogP contribution in [0.15, 0.2) is 36.5 Å². The van der Waals surface area contributed by atoms with Gasteiger partial charge >= 0.3 is 0 Å². The van der Waals surface area contributed by atoms with E-state index in [1.165, 1.54) is 12.1 Å². The van der Waals surface area contributed by atoms with Crippen LogP contribution in [-0.4, -0.2) is 12.0 Å². The lowest BCUT2D eigenvalue weighted by Crippen LogP contribution is -2.12. The Morgan fingerprint density at radius 3 is 2.79 bits per heavy atom. The summed E-state index contributed by atoms with van der Waals surface area (Å²) in [6.45, 7) is 2.03. The number of nitrogens with zero attached hydrogens (tertiary/aromatic N) is 1. The van der Waals surface area contributed by atoms with Gasteiger partial charge in [0.15, 0.2) is 0 Å². The van der Waals surface area contributed by atoms with Crippen LogP contribution in [0, 0.1) is 5.82 Å². The molecular weight excluding hydrogens is 267 g/mol. The third kappa shape index (κ3) is 3.43. The Morgan fingerprint density at radius 2 is 2.11 bits per heavy atom. The highest BCUT2D eigenvalue weighted by molar-refractivity contribution is 6.30. The first-order valence-corrected chi connectivity index (χ1v) is 6.24. The van der Waals surface area contributed by atoms with Crippen LogP contribution in [0.2, 0.25) is 5.02 Å². The number of hydrogen-bond acceptors (Lipinski definition) is 3.